The fraction of sp³-hybridized carbons (Fsp3) is 0.100. The first kappa shape index (κ1) is 11.8. The van der Waals surface area contributed by atoms with Crippen LogP contribution in [0.1, 0.15) is 5.69 Å². The minimum absolute atomic E-state index is 0.459. The zero-order valence-corrected chi connectivity index (χ0v) is 12.4. The Morgan fingerprint density at radius 2 is 2.22 bits per heavy atom. The van der Waals surface area contributed by atoms with Crippen LogP contribution in [0.3, 0.4) is 0 Å². The molecule has 3 heterocycles. The van der Waals surface area contributed by atoms with E-state index in [1.165, 1.54) is 11.3 Å². The van der Waals surface area contributed by atoms with E-state index in [1.807, 2.05) is 18.4 Å². The zero-order chi connectivity index (χ0) is 12.7. The summed E-state index contributed by atoms with van der Waals surface area (Å²) in [5, 5.41) is 6.44. The van der Waals surface area contributed by atoms with E-state index in [4.69, 9.17) is 10.3 Å². The monoisotopic (exact) mass is 342 g/mol. The lowest BCUT2D eigenvalue weighted by Gasteiger charge is -1.86. The third-order valence-electron chi connectivity index (χ3n) is 2.22. The van der Waals surface area contributed by atoms with Crippen LogP contribution < -0.4 is 5.73 Å². The summed E-state index contributed by atoms with van der Waals surface area (Å²) >= 11 is 6.29. The van der Waals surface area contributed by atoms with Gasteiger partial charge >= 0.3 is 0 Å². The maximum atomic E-state index is 5.65. The molecule has 0 radical (unpaired) electrons. The van der Waals surface area contributed by atoms with Crippen molar-refractivity contribution in [3.8, 4) is 21.5 Å². The fourth-order valence-corrected chi connectivity index (χ4v) is 3.57. The minimum Gasteiger partial charge on any atom is -0.375 e. The van der Waals surface area contributed by atoms with Crippen molar-refractivity contribution in [3.63, 3.8) is 0 Å². The standard InChI is InChI=1S/C10H7BrN4OS2/c1-4-7(18-10(12)13-4)9-14-8(15-16-9)6-2-5(11)3-17-6/h2-3H,1H3,(H2,12,13). The summed E-state index contributed by atoms with van der Waals surface area (Å²) in [6.45, 7) is 1.87. The third kappa shape index (κ3) is 2.06. The first-order valence-corrected chi connectivity index (χ1v) is 7.44. The van der Waals surface area contributed by atoms with Crippen molar-refractivity contribution in [2.75, 3.05) is 5.73 Å². The number of thiophene rings is 1. The van der Waals surface area contributed by atoms with Gasteiger partial charge in [-0.2, -0.15) is 4.98 Å². The van der Waals surface area contributed by atoms with Crippen LogP contribution in [0.5, 0.6) is 0 Å². The molecular formula is C10H7BrN4OS2. The van der Waals surface area contributed by atoms with E-state index < -0.39 is 0 Å². The van der Waals surface area contributed by atoms with Crippen LogP contribution in [0.15, 0.2) is 20.4 Å². The van der Waals surface area contributed by atoms with Gasteiger partial charge in [0.25, 0.3) is 5.89 Å². The van der Waals surface area contributed by atoms with Gasteiger partial charge in [0, 0.05) is 9.85 Å². The third-order valence-corrected chi connectivity index (χ3v) is 4.88. The van der Waals surface area contributed by atoms with Crippen molar-refractivity contribution in [1.29, 1.82) is 0 Å². The van der Waals surface area contributed by atoms with Crippen LogP contribution in [-0.2, 0) is 0 Å². The summed E-state index contributed by atoms with van der Waals surface area (Å²) < 4.78 is 6.26. The topological polar surface area (TPSA) is 77.8 Å². The van der Waals surface area contributed by atoms with Gasteiger partial charge in [0.2, 0.25) is 5.82 Å². The summed E-state index contributed by atoms with van der Waals surface area (Å²) in [4.78, 5) is 10.3. The number of aromatic nitrogens is 3. The maximum Gasteiger partial charge on any atom is 0.270 e. The number of nitrogen functional groups attached to an aromatic ring is 1. The molecule has 8 heteroatoms. The summed E-state index contributed by atoms with van der Waals surface area (Å²) in [5.74, 6) is 1.04. The Morgan fingerprint density at radius 3 is 2.83 bits per heavy atom. The van der Waals surface area contributed by atoms with E-state index in [9.17, 15) is 0 Å². The largest absolute Gasteiger partial charge is 0.375 e. The lowest BCUT2D eigenvalue weighted by Crippen LogP contribution is -1.81. The highest BCUT2D eigenvalue weighted by Gasteiger charge is 2.16. The molecule has 3 aromatic heterocycles. The second kappa shape index (κ2) is 4.45. The molecule has 0 unspecified atom stereocenters. The van der Waals surface area contributed by atoms with Crippen molar-refractivity contribution in [1.82, 2.24) is 15.1 Å². The number of nitrogens with zero attached hydrogens (tertiary/aromatic N) is 3. The number of hydrogen-bond donors (Lipinski definition) is 1. The van der Waals surface area contributed by atoms with E-state index in [0.717, 1.165) is 19.9 Å². The molecule has 3 aromatic rings. The molecule has 2 N–H and O–H groups in total. The highest BCUT2D eigenvalue weighted by molar-refractivity contribution is 9.10. The van der Waals surface area contributed by atoms with E-state index >= 15 is 0 Å². The number of aryl methyl sites for hydroxylation is 1. The number of thiazole rings is 1. The van der Waals surface area contributed by atoms with Crippen LogP contribution in [0.25, 0.3) is 21.5 Å². The average molecular weight is 343 g/mol. The molecule has 0 saturated carbocycles. The summed E-state index contributed by atoms with van der Waals surface area (Å²) in [6.07, 6.45) is 0. The molecule has 0 aliphatic carbocycles. The SMILES string of the molecule is Cc1nc(N)sc1-c1nc(-c2cc(Br)cs2)no1. The quantitative estimate of drug-likeness (QED) is 0.770. The van der Waals surface area contributed by atoms with Crippen molar-refractivity contribution in [3.05, 3.63) is 21.6 Å². The second-order valence-corrected chi connectivity index (χ2v) is 6.38. The summed E-state index contributed by atoms with van der Waals surface area (Å²) in [6, 6.07) is 1.95. The number of nitrogens with two attached hydrogens (primary N) is 1. The Balaban J connectivity index is 2.01. The Morgan fingerprint density at radius 1 is 1.39 bits per heavy atom. The molecule has 0 bridgehead atoms. The highest BCUT2D eigenvalue weighted by atomic mass is 79.9. The molecule has 0 saturated heterocycles. The highest BCUT2D eigenvalue weighted by Crippen LogP contribution is 2.33. The number of rotatable bonds is 2. The van der Waals surface area contributed by atoms with Crippen molar-refractivity contribution < 1.29 is 4.52 Å². The van der Waals surface area contributed by atoms with Gasteiger partial charge in [-0.05, 0) is 28.9 Å². The van der Waals surface area contributed by atoms with Gasteiger partial charge in [-0.3, -0.25) is 0 Å². The van der Waals surface area contributed by atoms with Crippen LogP contribution >= 0.6 is 38.6 Å². The van der Waals surface area contributed by atoms with Gasteiger partial charge < -0.3 is 10.3 Å². The summed E-state index contributed by atoms with van der Waals surface area (Å²) in [5.41, 5.74) is 6.46. The smallest absolute Gasteiger partial charge is 0.270 e. The van der Waals surface area contributed by atoms with E-state index in [0.29, 0.717) is 16.8 Å². The first-order valence-electron chi connectivity index (χ1n) is 4.95. The van der Waals surface area contributed by atoms with Crippen molar-refractivity contribution in [2.45, 2.75) is 6.92 Å². The Labute approximate surface area is 119 Å². The Hall–Kier alpha value is -1.25. The van der Waals surface area contributed by atoms with Crippen LogP contribution in [0.4, 0.5) is 5.13 Å². The molecule has 5 nitrogen and oxygen atoms in total. The second-order valence-electron chi connectivity index (χ2n) is 3.52. The lowest BCUT2D eigenvalue weighted by molar-refractivity contribution is 0.433. The van der Waals surface area contributed by atoms with Crippen molar-refractivity contribution >= 4 is 43.7 Å². The van der Waals surface area contributed by atoms with Gasteiger partial charge in [-0.1, -0.05) is 16.5 Å². The molecular weight excluding hydrogens is 336 g/mol. The molecule has 0 amide bonds. The molecule has 0 fully saturated rings. The molecule has 92 valence electrons. The van der Waals surface area contributed by atoms with Crippen LogP contribution in [0.2, 0.25) is 0 Å². The van der Waals surface area contributed by atoms with Gasteiger partial charge in [0.05, 0.1) is 10.6 Å². The fourth-order valence-electron chi connectivity index (χ4n) is 1.46. The molecule has 0 aliphatic rings. The first-order chi connectivity index (χ1) is 8.63. The van der Waals surface area contributed by atoms with Crippen LogP contribution in [-0.4, -0.2) is 15.1 Å². The predicted molar refractivity (Wildman–Crippen MR) is 75.6 cm³/mol. The average Bonchev–Trinajstić information content (AvgIpc) is 2.98. The van der Waals surface area contributed by atoms with E-state index in [-0.39, 0.29) is 0 Å². The summed E-state index contributed by atoms with van der Waals surface area (Å²) in [7, 11) is 0. The van der Waals surface area contributed by atoms with Crippen molar-refractivity contribution in [2.24, 2.45) is 0 Å². The van der Waals surface area contributed by atoms with Gasteiger partial charge in [-0.25, -0.2) is 4.98 Å². The predicted octanol–water partition coefficient (Wildman–Crippen LogP) is 3.57. The molecule has 0 aromatic carbocycles. The molecule has 0 atom stereocenters. The normalized spacial score (nSPS) is 11.0. The zero-order valence-electron chi connectivity index (χ0n) is 9.18. The van der Waals surface area contributed by atoms with E-state index in [2.05, 4.69) is 31.1 Å². The van der Waals surface area contributed by atoms with Gasteiger partial charge in [-0.15, -0.1) is 11.3 Å². The molecule has 18 heavy (non-hydrogen) atoms. The maximum absolute atomic E-state index is 5.65. The molecule has 3 rings (SSSR count). The lowest BCUT2D eigenvalue weighted by atomic mass is 10.4. The minimum atomic E-state index is 0.459. The molecule has 0 aliphatic heterocycles. The Bertz CT molecular complexity index is 702. The van der Waals surface area contributed by atoms with Gasteiger partial charge in [0.15, 0.2) is 5.13 Å². The van der Waals surface area contributed by atoms with E-state index in [1.54, 1.807) is 11.3 Å². The number of anilines is 1. The Kier molecular flexibility index (Phi) is 2.92. The van der Waals surface area contributed by atoms with Crippen LogP contribution in [0, 0.1) is 6.92 Å². The number of hydrogen-bond acceptors (Lipinski definition) is 7. The van der Waals surface area contributed by atoms with Gasteiger partial charge in [0.1, 0.15) is 4.88 Å². The number of halogens is 1. The molecule has 0 spiro atoms.